The number of imidazole rings is 1. The molecule has 0 unspecified atom stereocenters. The average Bonchev–Trinajstić information content (AvgIpc) is 3.19. The molecule has 2 aromatic heterocycles. The Kier molecular flexibility index (Phi) is 4.35. The molecule has 0 bridgehead atoms. The zero-order valence-electron chi connectivity index (χ0n) is 14.1. The second-order valence-corrected chi connectivity index (χ2v) is 6.35. The van der Waals surface area contributed by atoms with Crippen LogP contribution in [0.4, 0.5) is 11.5 Å². The molecule has 1 aliphatic rings. The lowest BCUT2D eigenvalue weighted by molar-refractivity contribution is 0.249. The predicted molar refractivity (Wildman–Crippen MR) is 99.7 cm³/mol. The first-order valence-electron chi connectivity index (χ1n) is 8.54. The molecule has 128 valence electrons. The largest absolute Gasteiger partial charge is 0.397 e. The standard InChI is InChI=1S/C19H22N6/c20-17-3-6-19(22-13-17)24-11-9-23(10-12-24)14-16-1-4-18(5-2-16)25-8-7-21-15-25/h1-8,13,15H,9-12,14,20H2. The molecule has 0 spiro atoms. The average molecular weight is 334 g/mol. The number of nitrogens with two attached hydrogens (primary N) is 1. The van der Waals surface area contributed by atoms with Crippen molar-refractivity contribution in [3.8, 4) is 5.69 Å². The highest BCUT2D eigenvalue weighted by Gasteiger charge is 2.18. The van der Waals surface area contributed by atoms with Gasteiger partial charge in [-0.3, -0.25) is 4.90 Å². The molecular formula is C19H22N6. The van der Waals surface area contributed by atoms with Crippen molar-refractivity contribution in [1.29, 1.82) is 0 Å². The highest BCUT2D eigenvalue weighted by atomic mass is 15.3. The monoisotopic (exact) mass is 334 g/mol. The lowest BCUT2D eigenvalue weighted by atomic mass is 10.1. The van der Waals surface area contributed by atoms with Crippen molar-refractivity contribution in [3.63, 3.8) is 0 Å². The summed E-state index contributed by atoms with van der Waals surface area (Å²) in [4.78, 5) is 13.3. The first-order valence-corrected chi connectivity index (χ1v) is 8.54. The molecule has 1 aromatic carbocycles. The third kappa shape index (κ3) is 3.64. The molecule has 6 nitrogen and oxygen atoms in total. The van der Waals surface area contributed by atoms with Crippen LogP contribution in [0.3, 0.4) is 0 Å². The summed E-state index contributed by atoms with van der Waals surface area (Å²) < 4.78 is 2.02. The Hall–Kier alpha value is -2.86. The summed E-state index contributed by atoms with van der Waals surface area (Å²) in [5.74, 6) is 1.01. The molecule has 0 amide bonds. The maximum atomic E-state index is 5.71. The highest BCUT2D eigenvalue weighted by Crippen LogP contribution is 2.17. The maximum absolute atomic E-state index is 5.71. The molecule has 0 radical (unpaired) electrons. The Morgan fingerprint density at radius 2 is 1.76 bits per heavy atom. The predicted octanol–water partition coefficient (Wildman–Crippen LogP) is 2.17. The van der Waals surface area contributed by atoms with Crippen LogP contribution in [-0.4, -0.2) is 45.6 Å². The molecule has 0 atom stereocenters. The van der Waals surface area contributed by atoms with E-state index in [2.05, 4.69) is 44.0 Å². The van der Waals surface area contributed by atoms with Crippen molar-refractivity contribution in [2.75, 3.05) is 36.8 Å². The minimum absolute atomic E-state index is 0.710. The molecular weight excluding hydrogens is 312 g/mol. The number of pyridine rings is 1. The summed E-state index contributed by atoms with van der Waals surface area (Å²) in [5.41, 5.74) is 8.90. The SMILES string of the molecule is Nc1ccc(N2CCN(Cc3ccc(-n4ccnc4)cc3)CC2)nc1. The van der Waals surface area contributed by atoms with Crippen LogP contribution in [-0.2, 0) is 6.54 Å². The third-order valence-corrected chi connectivity index (χ3v) is 4.61. The second kappa shape index (κ2) is 6.94. The van der Waals surface area contributed by atoms with E-state index in [1.54, 1.807) is 12.4 Å². The van der Waals surface area contributed by atoms with Gasteiger partial charge in [-0.25, -0.2) is 9.97 Å². The Balaban J connectivity index is 1.33. The van der Waals surface area contributed by atoms with E-state index in [0.29, 0.717) is 5.69 Å². The van der Waals surface area contributed by atoms with Crippen LogP contribution in [0, 0.1) is 0 Å². The van der Waals surface area contributed by atoms with E-state index in [1.807, 2.05) is 29.2 Å². The topological polar surface area (TPSA) is 63.2 Å². The van der Waals surface area contributed by atoms with E-state index in [0.717, 1.165) is 44.2 Å². The lowest BCUT2D eigenvalue weighted by Crippen LogP contribution is -2.46. The number of rotatable bonds is 4. The van der Waals surface area contributed by atoms with Crippen LogP contribution in [0.2, 0.25) is 0 Å². The van der Waals surface area contributed by atoms with Gasteiger partial charge in [0.2, 0.25) is 0 Å². The molecule has 25 heavy (non-hydrogen) atoms. The van der Waals surface area contributed by atoms with Crippen molar-refractivity contribution in [2.24, 2.45) is 0 Å². The van der Waals surface area contributed by atoms with E-state index < -0.39 is 0 Å². The Morgan fingerprint density at radius 3 is 2.40 bits per heavy atom. The second-order valence-electron chi connectivity index (χ2n) is 6.35. The van der Waals surface area contributed by atoms with Crippen molar-refractivity contribution in [2.45, 2.75) is 6.54 Å². The highest BCUT2D eigenvalue weighted by molar-refractivity contribution is 5.46. The Bertz CT molecular complexity index is 787. The number of nitrogen functional groups attached to an aromatic ring is 1. The van der Waals surface area contributed by atoms with Gasteiger partial charge in [0, 0.05) is 50.8 Å². The Labute approximate surface area is 147 Å². The number of hydrogen-bond donors (Lipinski definition) is 1. The Morgan fingerprint density at radius 1 is 0.960 bits per heavy atom. The zero-order valence-corrected chi connectivity index (χ0v) is 14.1. The number of aromatic nitrogens is 3. The fourth-order valence-corrected chi connectivity index (χ4v) is 3.16. The molecule has 1 fully saturated rings. The van der Waals surface area contributed by atoms with Crippen LogP contribution in [0.5, 0.6) is 0 Å². The van der Waals surface area contributed by atoms with Crippen LogP contribution >= 0.6 is 0 Å². The number of benzene rings is 1. The molecule has 6 heteroatoms. The quantitative estimate of drug-likeness (QED) is 0.792. The van der Waals surface area contributed by atoms with Crippen molar-refractivity contribution >= 4 is 11.5 Å². The minimum atomic E-state index is 0.710. The van der Waals surface area contributed by atoms with E-state index >= 15 is 0 Å². The van der Waals surface area contributed by atoms with Crippen LogP contribution in [0.1, 0.15) is 5.56 Å². The van der Waals surface area contributed by atoms with Gasteiger partial charge in [0.25, 0.3) is 0 Å². The lowest BCUT2D eigenvalue weighted by Gasteiger charge is -2.35. The van der Waals surface area contributed by atoms with Gasteiger partial charge in [-0.2, -0.15) is 0 Å². The number of piperazine rings is 1. The number of hydrogen-bond acceptors (Lipinski definition) is 5. The van der Waals surface area contributed by atoms with Gasteiger partial charge in [0.05, 0.1) is 18.2 Å². The van der Waals surface area contributed by atoms with Crippen LogP contribution in [0.25, 0.3) is 5.69 Å². The normalized spacial score (nSPS) is 15.4. The summed E-state index contributed by atoms with van der Waals surface area (Å²) in [5, 5.41) is 0. The van der Waals surface area contributed by atoms with Gasteiger partial charge in [-0.1, -0.05) is 12.1 Å². The van der Waals surface area contributed by atoms with Crippen LogP contribution < -0.4 is 10.6 Å². The van der Waals surface area contributed by atoms with Gasteiger partial charge >= 0.3 is 0 Å². The zero-order chi connectivity index (χ0) is 17.1. The van der Waals surface area contributed by atoms with Crippen molar-refractivity contribution in [3.05, 3.63) is 66.9 Å². The number of anilines is 2. The van der Waals surface area contributed by atoms with Crippen LogP contribution in [0.15, 0.2) is 61.3 Å². The summed E-state index contributed by atoms with van der Waals surface area (Å²) in [6.07, 6.45) is 7.30. The molecule has 0 saturated carbocycles. The smallest absolute Gasteiger partial charge is 0.128 e. The van der Waals surface area contributed by atoms with Crippen molar-refractivity contribution in [1.82, 2.24) is 19.4 Å². The van der Waals surface area contributed by atoms with E-state index in [-0.39, 0.29) is 0 Å². The first kappa shape index (κ1) is 15.7. The fourth-order valence-electron chi connectivity index (χ4n) is 3.16. The molecule has 1 aliphatic heterocycles. The maximum Gasteiger partial charge on any atom is 0.128 e. The number of nitrogens with zero attached hydrogens (tertiary/aromatic N) is 5. The summed E-state index contributed by atoms with van der Waals surface area (Å²) in [6, 6.07) is 12.6. The van der Waals surface area contributed by atoms with Gasteiger partial charge < -0.3 is 15.2 Å². The van der Waals surface area contributed by atoms with Gasteiger partial charge in [0.1, 0.15) is 5.82 Å². The molecule has 0 aliphatic carbocycles. The summed E-state index contributed by atoms with van der Waals surface area (Å²) >= 11 is 0. The van der Waals surface area contributed by atoms with E-state index in [1.165, 1.54) is 5.56 Å². The van der Waals surface area contributed by atoms with E-state index in [4.69, 9.17) is 5.73 Å². The molecule has 3 aromatic rings. The van der Waals surface area contributed by atoms with Gasteiger partial charge in [-0.15, -0.1) is 0 Å². The summed E-state index contributed by atoms with van der Waals surface area (Å²) in [7, 11) is 0. The molecule has 1 saturated heterocycles. The van der Waals surface area contributed by atoms with Gasteiger partial charge in [-0.05, 0) is 29.8 Å². The van der Waals surface area contributed by atoms with Crippen molar-refractivity contribution < 1.29 is 0 Å². The minimum Gasteiger partial charge on any atom is -0.397 e. The third-order valence-electron chi connectivity index (χ3n) is 4.61. The fraction of sp³-hybridized carbons (Fsp3) is 0.263. The molecule has 4 rings (SSSR count). The summed E-state index contributed by atoms with van der Waals surface area (Å²) in [6.45, 7) is 5.03. The molecule has 2 N–H and O–H groups in total. The van der Waals surface area contributed by atoms with E-state index in [9.17, 15) is 0 Å². The van der Waals surface area contributed by atoms with Gasteiger partial charge in [0.15, 0.2) is 0 Å². The molecule has 3 heterocycles. The first-order chi connectivity index (χ1) is 12.3.